The highest BCUT2D eigenvalue weighted by Crippen LogP contribution is 2.23. The number of aryl methyl sites for hydroxylation is 1. The molecule has 2 rings (SSSR count). The highest BCUT2D eigenvalue weighted by molar-refractivity contribution is 5.92. The largest absolute Gasteiger partial charge is 0.494 e. The van der Waals surface area contributed by atoms with Gasteiger partial charge in [0, 0.05) is 13.2 Å². The number of hydrogen-bond donors (Lipinski definition) is 1. The second kappa shape index (κ2) is 6.62. The lowest BCUT2D eigenvalue weighted by molar-refractivity contribution is 0.0676. The normalized spacial score (nSPS) is 12.0. The van der Waals surface area contributed by atoms with Crippen molar-refractivity contribution < 1.29 is 14.6 Å². The molecule has 0 aliphatic heterocycles. The van der Waals surface area contributed by atoms with E-state index in [0.717, 1.165) is 11.3 Å². The first kappa shape index (κ1) is 16.0. The highest BCUT2D eigenvalue weighted by atomic mass is 16.5. The summed E-state index contributed by atoms with van der Waals surface area (Å²) in [6.07, 6.45) is 1.72. The van der Waals surface area contributed by atoms with Crippen LogP contribution in [0.15, 0.2) is 30.5 Å². The van der Waals surface area contributed by atoms with Crippen LogP contribution in [-0.4, -0.2) is 52.5 Å². The number of methoxy groups -OCH3 is 1. The minimum atomic E-state index is -0.258. The molecule has 22 heavy (non-hydrogen) atoms. The number of carbonyl (C=O) groups is 1. The van der Waals surface area contributed by atoms with Crippen LogP contribution >= 0.6 is 0 Å². The number of aliphatic hydroxyl groups excluding tert-OH is 1. The molecule has 0 saturated carbocycles. The Morgan fingerprint density at radius 1 is 1.45 bits per heavy atom. The average molecular weight is 303 g/mol. The van der Waals surface area contributed by atoms with Gasteiger partial charge in [-0.25, -0.2) is 4.68 Å². The van der Waals surface area contributed by atoms with Gasteiger partial charge in [0.15, 0.2) is 5.69 Å². The zero-order chi connectivity index (χ0) is 16.3. The monoisotopic (exact) mass is 303 g/mol. The molecule has 0 spiro atoms. The Morgan fingerprint density at radius 3 is 2.82 bits per heavy atom. The molecule has 118 valence electrons. The van der Waals surface area contributed by atoms with Crippen LogP contribution in [0, 0.1) is 6.92 Å². The SMILES string of the molecule is COc1ccc(C)cc1-n1ccc(C(=O)N(C)C(C)CO)n1. The molecule has 6 heteroatoms. The standard InChI is InChI=1S/C16H21N3O3/c1-11-5-6-15(22-4)14(9-11)19-8-7-13(17-19)16(21)18(3)12(2)10-20/h5-9,12,20H,10H2,1-4H3. The van der Waals surface area contributed by atoms with Gasteiger partial charge in [-0.15, -0.1) is 0 Å². The Hall–Kier alpha value is -2.34. The van der Waals surface area contributed by atoms with E-state index in [2.05, 4.69) is 5.10 Å². The first-order valence-corrected chi connectivity index (χ1v) is 7.06. The number of ether oxygens (including phenoxy) is 1. The predicted octanol–water partition coefficient (Wildman–Crippen LogP) is 1.64. The molecular weight excluding hydrogens is 282 g/mol. The van der Waals surface area contributed by atoms with Crippen LogP contribution < -0.4 is 4.74 Å². The number of nitrogens with zero attached hydrogens (tertiary/aromatic N) is 3. The first-order chi connectivity index (χ1) is 10.5. The van der Waals surface area contributed by atoms with E-state index in [0.29, 0.717) is 11.4 Å². The molecule has 1 aromatic heterocycles. The maximum absolute atomic E-state index is 12.3. The van der Waals surface area contributed by atoms with Crippen molar-refractivity contribution in [2.24, 2.45) is 0 Å². The van der Waals surface area contributed by atoms with Crippen LogP contribution in [0.5, 0.6) is 5.75 Å². The summed E-state index contributed by atoms with van der Waals surface area (Å²) < 4.78 is 6.96. The minimum absolute atomic E-state index is 0.0886. The summed E-state index contributed by atoms with van der Waals surface area (Å²) in [7, 11) is 3.25. The molecule has 0 aliphatic rings. The lowest BCUT2D eigenvalue weighted by Crippen LogP contribution is -2.37. The van der Waals surface area contributed by atoms with Gasteiger partial charge in [-0.3, -0.25) is 4.79 Å². The molecule has 0 fully saturated rings. The van der Waals surface area contributed by atoms with Crippen molar-refractivity contribution in [3.63, 3.8) is 0 Å². The van der Waals surface area contributed by atoms with Gasteiger partial charge in [0.05, 0.1) is 19.8 Å². The number of carbonyl (C=O) groups excluding carboxylic acids is 1. The third kappa shape index (κ3) is 3.12. The van der Waals surface area contributed by atoms with Crippen LogP contribution in [-0.2, 0) is 0 Å². The second-order valence-corrected chi connectivity index (χ2v) is 5.27. The maximum Gasteiger partial charge on any atom is 0.274 e. The minimum Gasteiger partial charge on any atom is -0.494 e. The summed E-state index contributed by atoms with van der Waals surface area (Å²) in [5.74, 6) is 0.455. The van der Waals surface area contributed by atoms with Gasteiger partial charge < -0.3 is 14.7 Å². The molecule has 1 aromatic carbocycles. The number of amides is 1. The molecular formula is C16H21N3O3. The van der Waals surface area contributed by atoms with Gasteiger partial charge in [0.2, 0.25) is 0 Å². The third-order valence-electron chi connectivity index (χ3n) is 3.64. The number of likely N-dealkylation sites (N-methyl/N-ethyl adjacent to an activating group) is 1. The fourth-order valence-corrected chi connectivity index (χ4v) is 2.05. The smallest absolute Gasteiger partial charge is 0.274 e. The molecule has 1 heterocycles. The van der Waals surface area contributed by atoms with E-state index >= 15 is 0 Å². The molecule has 1 amide bonds. The lowest BCUT2D eigenvalue weighted by atomic mass is 10.2. The van der Waals surface area contributed by atoms with E-state index in [1.165, 1.54) is 4.90 Å². The zero-order valence-electron chi connectivity index (χ0n) is 13.3. The van der Waals surface area contributed by atoms with E-state index in [-0.39, 0.29) is 18.6 Å². The van der Waals surface area contributed by atoms with E-state index in [9.17, 15) is 4.79 Å². The van der Waals surface area contributed by atoms with Gasteiger partial charge in [-0.1, -0.05) is 6.07 Å². The molecule has 6 nitrogen and oxygen atoms in total. The Kier molecular flexibility index (Phi) is 4.82. The Morgan fingerprint density at radius 2 is 2.18 bits per heavy atom. The topological polar surface area (TPSA) is 67.6 Å². The number of rotatable bonds is 5. The summed E-state index contributed by atoms with van der Waals surface area (Å²) in [6, 6.07) is 7.17. The lowest BCUT2D eigenvalue weighted by Gasteiger charge is -2.21. The van der Waals surface area contributed by atoms with Crippen LogP contribution in [0.4, 0.5) is 0 Å². The first-order valence-electron chi connectivity index (χ1n) is 7.06. The van der Waals surface area contributed by atoms with Crippen LogP contribution in [0.3, 0.4) is 0 Å². The number of aliphatic hydroxyl groups is 1. The molecule has 0 aliphatic carbocycles. The molecule has 1 unspecified atom stereocenters. The molecule has 0 bridgehead atoms. The van der Waals surface area contributed by atoms with Gasteiger partial charge in [0.25, 0.3) is 5.91 Å². The zero-order valence-corrected chi connectivity index (χ0v) is 13.3. The summed E-state index contributed by atoms with van der Waals surface area (Å²) in [5.41, 5.74) is 2.18. The van der Waals surface area contributed by atoms with Crippen LogP contribution in [0.25, 0.3) is 5.69 Å². The average Bonchev–Trinajstić information content (AvgIpc) is 3.02. The Bertz CT molecular complexity index is 666. The summed E-state index contributed by atoms with van der Waals surface area (Å²) in [5, 5.41) is 13.5. The van der Waals surface area contributed by atoms with Gasteiger partial charge in [0.1, 0.15) is 11.4 Å². The molecule has 0 saturated heterocycles. The highest BCUT2D eigenvalue weighted by Gasteiger charge is 2.19. The Labute approximate surface area is 129 Å². The number of aromatic nitrogens is 2. The van der Waals surface area contributed by atoms with Gasteiger partial charge in [-0.2, -0.15) is 5.10 Å². The molecule has 1 atom stereocenters. The Balaban J connectivity index is 2.32. The number of benzene rings is 1. The van der Waals surface area contributed by atoms with Crippen molar-refractivity contribution in [2.75, 3.05) is 20.8 Å². The second-order valence-electron chi connectivity index (χ2n) is 5.27. The van der Waals surface area contributed by atoms with E-state index in [4.69, 9.17) is 9.84 Å². The van der Waals surface area contributed by atoms with Crippen molar-refractivity contribution in [3.8, 4) is 11.4 Å². The fourth-order valence-electron chi connectivity index (χ4n) is 2.05. The van der Waals surface area contributed by atoms with Crippen molar-refractivity contribution in [3.05, 3.63) is 41.7 Å². The van der Waals surface area contributed by atoms with Crippen molar-refractivity contribution in [1.29, 1.82) is 0 Å². The maximum atomic E-state index is 12.3. The summed E-state index contributed by atoms with van der Waals surface area (Å²) in [4.78, 5) is 13.8. The summed E-state index contributed by atoms with van der Waals surface area (Å²) in [6.45, 7) is 3.67. The fraction of sp³-hybridized carbons (Fsp3) is 0.375. The van der Waals surface area contributed by atoms with Crippen LogP contribution in [0.2, 0.25) is 0 Å². The van der Waals surface area contributed by atoms with Gasteiger partial charge >= 0.3 is 0 Å². The predicted molar refractivity (Wildman–Crippen MR) is 83.5 cm³/mol. The third-order valence-corrected chi connectivity index (χ3v) is 3.64. The molecule has 2 aromatic rings. The number of hydrogen-bond acceptors (Lipinski definition) is 4. The van der Waals surface area contributed by atoms with Crippen molar-refractivity contribution in [2.45, 2.75) is 19.9 Å². The van der Waals surface area contributed by atoms with Gasteiger partial charge in [-0.05, 0) is 37.6 Å². The van der Waals surface area contributed by atoms with E-state index < -0.39 is 0 Å². The van der Waals surface area contributed by atoms with E-state index in [1.807, 2.05) is 25.1 Å². The van der Waals surface area contributed by atoms with E-state index in [1.54, 1.807) is 38.0 Å². The quantitative estimate of drug-likeness (QED) is 0.912. The van der Waals surface area contributed by atoms with Crippen molar-refractivity contribution >= 4 is 5.91 Å². The summed E-state index contributed by atoms with van der Waals surface area (Å²) >= 11 is 0. The van der Waals surface area contributed by atoms with Crippen molar-refractivity contribution in [1.82, 2.24) is 14.7 Å². The van der Waals surface area contributed by atoms with Crippen LogP contribution in [0.1, 0.15) is 23.0 Å². The molecule has 0 radical (unpaired) electrons. The molecule has 1 N–H and O–H groups in total.